The molecule has 0 spiro atoms. The molecule has 2 aliphatic heterocycles. The Bertz CT molecular complexity index is 494. The molecule has 2 aliphatic rings. The second-order valence-electron chi connectivity index (χ2n) is 7.25. The van der Waals surface area contributed by atoms with Crippen LogP contribution in [0.5, 0.6) is 0 Å². The van der Waals surface area contributed by atoms with Gasteiger partial charge in [0.2, 0.25) is 0 Å². The lowest BCUT2D eigenvalue weighted by Crippen LogP contribution is -2.65. The Hall–Kier alpha value is -0.520. The molecule has 178 valence electrons. The summed E-state index contributed by atoms with van der Waals surface area (Å²) in [5.74, 6) is 0. The Morgan fingerprint density at radius 3 is 2.03 bits per heavy atom. The number of hydrogen-bond acceptors (Lipinski definition) is 13. The summed E-state index contributed by atoms with van der Waals surface area (Å²) in [6.45, 7) is -0.717. The zero-order valence-electron chi connectivity index (χ0n) is 16.5. The third-order valence-corrected chi connectivity index (χ3v) is 4.86. The van der Waals surface area contributed by atoms with Crippen molar-refractivity contribution in [2.24, 2.45) is 0 Å². The van der Waals surface area contributed by atoms with E-state index in [2.05, 4.69) is 0 Å². The van der Waals surface area contributed by atoms with E-state index in [1.807, 2.05) is 0 Å². The Labute approximate surface area is 172 Å². The lowest BCUT2D eigenvalue weighted by Gasteiger charge is -2.47. The van der Waals surface area contributed by atoms with E-state index >= 15 is 0 Å². The fourth-order valence-electron chi connectivity index (χ4n) is 3.34. The van der Waals surface area contributed by atoms with Crippen molar-refractivity contribution in [2.75, 3.05) is 33.0 Å². The maximum Gasteiger partial charge on any atom is 0.187 e. The second kappa shape index (κ2) is 11.9. The standard InChI is InChI=1S/C17H32O13/c1-7(21)6-27-15-11(23)10(22)8(4-19)29-17(15)30-13-9(5-20)28-16(25)14(12(13)24)26-3-2-18/h7-25H,2-6H2,1H3. The molecule has 0 amide bonds. The van der Waals surface area contributed by atoms with Crippen molar-refractivity contribution in [3.8, 4) is 0 Å². The Morgan fingerprint density at radius 2 is 1.47 bits per heavy atom. The first kappa shape index (κ1) is 25.7. The summed E-state index contributed by atoms with van der Waals surface area (Å²) >= 11 is 0. The molecular formula is C17H32O13. The van der Waals surface area contributed by atoms with Crippen LogP contribution in [0.1, 0.15) is 6.92 Å². The van der Waals surface area contributed by atoms with Crippen molar-refractivity contribution in [1.29, 1.82) is 0 Å². The molecular weight excluding hydrogens is 412 g/mol. The van der Waals surface area contributed by atoms with Gasteiger partial charge in [0, 0.05) is 0 Å². The maximum atomic E-state index is 10.6. The number of ether oxygens (including phenoxy) is 5. The van der Waals surface area contributed by atoms with Crippen LogP contribution in [0.15, 0.2) is 0 Å². The number of rotatable bonds is 10. The largest absolute Gasteiger partial charge is 0.394 e. The molecule has 30 heavy (non-hydrogen) atoms. The topological polar surface area (TPSA) is 208 Å². The van der Waals surface area contributed by atoms with E-state index in [9.17, 15) is 35.7 Å². The third kappa shape index (κ3) is 6.04. The smallest absolute Gasteiger partial charge is 0.187 e. The van der Waals surface area contributed by atoms with Crippen molar-refractivity contribution in [3.05, 3.63) is 0 Å². The Balaban J connectivity index is 2.21. The minimum atomic E-state index is -1.62. The van der Waals surface area contributed by atoms with Gasteiger partial charge in [0.05, 0.1) is 39.1 Å². The van der Waals surface area contributed by atoms with Crippen LogP contribution in [0.3, 0.4) is 0 Å². The summed E-state index contributed by atoms with van der Waals surface area (Å²) in [7, 11) is 0. The molecule has 0 bridgehead atoms. The van der Waals surface area contributed by atoms with Gasteiger partial charge < -0.3 is 64.5 Å². The van der Waals surface area contributed by atoms with E-state index in [0.29, 0.717) is 0 Å². The van der Waals surface area contributed by atoms with Gasteiger partial charge >= 0.3 is 0 Å². The molecule has 11 unspecified atom stereocenters. The van der Waals surface area contributed by atoms with Crippen LogP contribution in [-0.2, 0) is 23.7 Å². The van der Waals surface area contributed by atoms with E-state index in [1.54, 1.807) is 0 Å². The third-order valence-electron chi connectivity index (χ3n) is 4.86. The molecule has 11 atom stereocenters. The maximum absolute atomic E-state index is 10.6. The molecule has 0 aromatic carbocycles. The highest BCUT2D eigenvalue weighted by Gasteiger charge is 2.51. The summed E-state index contributed by atoms with van der Waals surface area (Å²) in [5.41, 5.74) is 0. The number of aliphatic hydroxyl groups excluding tert-OH is 8. The SMILES string of the molecule is CC(O)COC1C(OC2C(CO)OC(O)C(OCCO)C2O)OC(CO)C(O)C1O. The number of hydrogen-bond donors (Lipinski definition) is 8. The van der Waals surface area contributed by atoms with Crippen LogP contribution >= 0.6 is 0 Å². The molecule has 8 N–H and O–H groups in total. The van der Waals surface area contributed by atoms with Crippen LogP contribution < -0.4 is 0 Å². The van der Waals surface area contributed by atoms with Crippen LogP contribution in [0.2, 0.25) is 0 Å². The van der Waals surface area contributed by atoms with Gasteiger partial charge in [0.25, 0.3) is 0 Å². The van der Waals surface area contributed by atoms with Crippen molar-refractivity contribution in [3.63, 3.8) is 0 Å². The van der Waals surface area contributed by atoms with Crippen molar-refractivity contribution >= 4 is 0 Å². The quantitative estimate of drug-likeness (QED) is 0.159. The first-order valence-electron chi connectivity index (χ1n) is 9.67. The molecule has 0 aliphatic carbocycles. The highest BCUT2D eigenvalue weighted by molar-refractivity contribution is 4.94. The summed E-state index contributed by atoms with van der Waals surface area (Å²) < 4.78 is 27.0. The van der Waals surface area contributed by atoms with Crippen molar-refractivity contribution in [2.45, 2.75) is 74.4 Å². The van der Waals surface area contributed by atoms with Crippen molar-refractivity contribution in [1.82, 2.24) is 0 Å². The number of aliphatic hydroxyl groups is 8. The van der Waals surface area contributed by atoms with Gasteiger partial charge in [-0.3, -0.25) is 0 Å². The summed E-state index contributed by atoms with van der Waals surface area (Å²) in [6.07, 6.45) is -15.1. The predicted octanol–water partition coefficient (Wildman–Crippen LogP) is -4.98. The first-order chi connectivity index (χ1) is 14.2. The Kier molecular flexibility index (Phi) is 10.2. The molecule has 0 radical (unpaired) electrons. The Morgan fingerprint density at radius 1 is 0.800 bits per heavy atom. The van der Waals surface area contributed by atoms with Crippen LogP contribution in [0.25, 0.3) is 0 Å². The summed E-state index contributed by atoms with van der Waals surface area (Å²) in [5, 5.41) is 78.5. The van der Waals surface area contributed by atoms with E-state index in [1.165, 1.54) is 6.92 Å². The van der Waals surface area contributed by atoms with Gasteiger partial charge in [-0.05, 0) is 6.92 Å². The molecule has 13 heteroatoms. The van der Waals surface area contributed by atoms with Gasteiger partial charge in [-0.25, -0.2) is 0 Å². The normalized spacial score (nSPS) is 43.5. The van der Waals surface area contributed by atoms with E-state index in [0.717, 1.165) is 0 Å². The predicted molar refractivity (Wildman–Crippen MR) is 94.9 cm³/mol. The molecule has 2 saturated heterocycles. The fraction of sp³-hybridized carbons (Fsp3) is 1.00. The summed E-state index contributed by atoms with van der Waals surface area (Å²) in [4.78, 5) is 0. The molecule has 2 rings (SSSR count). The zero-order valence-corrected chi connectivity index (χ0v) is 16.5. The molecule has 0 aromatic heterocycles. The van der Waals surface area contributed by atoms with E-state index < -0.39 is 80.7 Å². The molecule has 2 heterocycles. The van der Waals surface area contributed by atoms with Gasteiger partial charge in [0.1, 0.15) is 48.8 Å². The van der Waals surface area contributed by atoms with Gasteiger partial charge in [-0.1, -0.05) is 0 Å². The summed E-state index contributed by atoms with van der Waals surface area (Å²) in [6, 6.07) is 0. The highest BCUT2D eigenvalue weighted by Crippen LogP contribution is 2.30. The van der Waals surface area contributed by atoms with Crippen LogP contribution in [-0.4, -0.2) is 141 Å². The van der Waals surface area contributed by atoms with Gasteiger partial charge in [0.15, 0.2) is 12.6 Å². The lowest BCUT2D eigenvalue weighted by molar-refractivity contribution is -0.362. The average Bonchev–Trinajstić information content (AvgIpc) is 2.71. The molecule has 0 saturated carbocycles. The van der Waals surface area contributed by atoms with Crippen LogP contribution in [0, 0.1) is 0 Å². The zero-order chi connectivity index (χ0) is 22.4. The van der Waals surface area contributed by atoms with Crippen molar-refractivity contribution < 1.29 is 64.5 Å². The minimum absolute atomic E-state index is 0.212. The van der Waals surface area contributed by atoms with Gasteiger partial charge in [-0.15, -0.1) is 0 Å². The van der Waals surface area contributed by atoms with E-state index in [-0.39, 0.29) is 19.8 Å². The average molecular weight is 444 g/mol. The van der Waals surface area contributed by atoms with Crippen LogP contribution in [0.4, 0.5) is 0 Å². The first-order valence-corrected chi connectivity index (χ1v) is 9.67. The van der Waals surface area contributed by atoms with Gasteiger partial charge in [-0.2, -0.15) is 0 Å². The minimum Gasteiger partial charge on any atom is -0.394 e. The molecule has 0 aromatic rings. The monoisotopic (exact) mass is 444 g/mol. The van der Waals surface area contributed by atoms with E-state index in [4.69, 9.17) is 28.8 Å². The highest BCUT2D eigenvalue weighted by atomic mass is 16.7. The second-order valence-corrected chi connectivity index (χ2v) is 7.25. The molecule has 2 fully saturated rings. The fourth-order valence-corrected chi connectivity index (χ4v) is 3.34. The lowest BCUT2D eigenvalue weighted by atomic mass is 9.96. The molecule has 13 nitrogen and oxygen atoms in total.